The van der Waals surface area contributed by atoms with E-state index >= 15 is 0 Å². The van der Waals surface area contributed by atoms with E-state index in [0.29, 0.717) is 25.9 Å². The number of rotatable bonds is 10. The molecule has 0 atom stereocenters. The van der Waals surface area contributed by atoms with E-state index in [9.17, 15) is 24.6 Å². The summed E-state index contributed by atoms with van der Waals surface area (Å²) < 4.78 is 0. The van der Waals surface area contributed by atoms with Crippen molar-refractivity contribution in [3.63, 3.8) is 0 Å². The van der Waals surface area contributed by atoms with Crippen LogP contribution in [0.25, 0.3) is 12.2 Å². The number of aliphatic carboxylic acids is 2. The van der Waals surface area contributed by atoms with Crippen molar-refractivity contribution in [1.29, 1.82) is 0 Å². The fourth-order valence-corrected chi connectivity index (χ4v) is 3.81. The number of carboxylic acid groups (broad SMARTS) is 2. The molecule has 0 aromatic heterocycles. The third-order valence-electron chi connectivity index (χ3n) is 5.90. The second kappa shape index (κ2) is 15.4. The van der Waals surface area contributed by atoms with E-state index in [4.69, 9.17) is 0 Å². The minimum atomic E-state index is -1.08. The quantitative estimate of drug-likeness (QED) is 0.237. The summed E-state index contributed by atoms with van der Waals surface area (Å²) in [5.41, 5.74) is 5.17. The average molecular weight is 507 g/mol. The van der Waals surface area contributed by atoms with Crippen LogP contribution >= 0.6 is 0 Å². The molecule has 2 aromatic rings. The zero-order valence-electron chi connectivity index (χ0n) is 21.5. The van der Waals surface area contributed by atoms with Gasteiger partial charge in [-0.25, -0.2) is 0 Å². The van der Waals surface area contributed by atoms with Gasteiger partial charge in [0.25, 0.3) is 0 Å². The van der Waals surface area contributed by atoms with Crippen LogP contribution in [0.4, 0.5) is 11.4 Å². The molecule has 7 nitrogen and oxygen atoms in total. The van der Waals surface area contributed by atoms with Crippen LogP contribution in [0.5, 0.6) is 0 Å². The van der Waals surface area contributed by atoms with Crippen LogP contribution < -0.4 is 79.1 Å². The second-order valence-electron chi connectivity index (χ2n) is 8.44. The van der Waals surface area contributed by atoms with Gasteiger partial charge in [-0.05, 0) is 60.4 Å². The van der Waals surface area contributed by atoms with Gasteiger partial charge < -0.3 is 29.6 Å². The molecule has 2 aromatic carbocycles. The van der Waals surface area contributed by atoms with Crippen LogP contribution in [0.1, 0.15) is 36.8 Å². The number of carboxylic acids is 2. The van der Waals surface area contributed by atoms with E-state index in [1.54, 1.807) is 0 Å². The SMILES string of the molecule is CN(CCC(=O)[O-])c1ccc(/C=C2\CC/C(=C\c3ccc(N(C)CCC(=O)[O-])cc3)C2=O)cc1.[Na+].[Na+]. The van der Waals surface area contributed by atoms with Gasteiger partial charge in [0.2, 0.25) is 0 Å². The Hall–Kier alpha value is -1.87. The fraction of sp³-hybridized carbons (Fsp3) is 0.296. The van der Waals surface area contributed by atoms with Crippen molar-refractivity contribution in [2.75, 3.05) is 37.0 Å². The van der Waals surface area contributed by atoms with Gasteiger partial charge in [-0.3, -0.25) is 4.79 Å². The number of hydrogen-bond acceptors (Lipinski definition) is 7. The molecule has 0 amide bonds. The monoisotopic (exact) mass is 506 g/mol. The summed E-state index contributed by atoms with van der Waals surface area (Å²) in [4.78, 5) is 37.9. The van der Waals surface area contributed by atoms with Crippen LogP contribution in [0.2, 0.25) is 0 Å². The zero-order valence-corrected chi connectivity index (χ0v) is 25.5. The summed E-state index contributed by atoms with van der Waals surface area (Å²) in [5.74, 6) is -2.10. The summed E-state index contributed by atoms with van der Waals surface area (Å²) in [6.07, 6.45) is 5.11. The van der Waals surface area contributed by atoms with Gasteiger partial charge in [-0.1, -0.05) is 24.3 Å². The van der Waals surface area contributed by atoms with Gasteiger partial charge in [0, 0.05) is 74.5 Å². The standard InChI is InChI=1S/C27H30N2O5.2Na/c1-28(15-13-25(30)31)23-9-3-19(4-10-23)17-21-7-8-22(27(21)34)18-20-5-11-24(12-6-20)29(2)16-14-26(32)33;;/h3-6,9-12,17-18H,7-8,13-16H2,1-2H3,(H,30,31)(H,32,33);;/q;2*+1/p-2/b21-17+,22-18+;;. The largest absolute Gasteiger partial charge is 1.00 e. The van der Waals surface area contributed by atoms with Crippen LogP contribution in [-0.4, -0.2) is 44.9 Å². The summed E-state index contributed by atoms with van der Waals surface area (Å²) >= 11 is 0. The molecule has 1 fully saturated rings. The Morgan fingerprint density at radius 3 is 1.36 bits per heavy atom. The van der Waals surface area contributed by atoms with E-state index in [0.717, 1.165) is 33.6 Å². The summed E-state index contributed by atoms with van der Waals surface area (Å²) in [5, 5.41) is 21.3. The van der Waals surface area contributed by atoms with Crippen LogP contribution in [0.3, 0.4) is 0 Å². The summed E-state index contributed by atoms with van der Waals surface area (Å²) in [6, 6.07) is 15.3. The van der Waals surface area contributed by atoms with E-state index in [-0.39, 0.29) is 77.7 Å². The molecule has 36 heavy (non-hydrogen) atoms. The molecule has 0 bridgehead atoms. The first kappa shape index (κ1) is 32.2. The first-order chi connectivity index (χ1) is 16.2. The minimum absolute atomic E-state index is 0. The number of hydrogen-bond donors (Lipinski definition) is 0. The molecule has 9 heteroatoms. The van der Waals surface area contributed by atoms with Crippen LogP contribution in [-0.2, 0) is 14.4 Å². The topological polar surface area (TPSA) is 104 Å². The molecule has 1 aliphatic carbocycles. The maximum Gasteiger partial charge on any atom is 1.00 e. The Balaban J connectivity index is 0.00000324. The van der Waals surface area contributed by atoms with Gasteiger partial charge in [0.05, 0.1) is 0 Å². The molecule has 0 radical (unpaired) electrons. The van der Waals surface area contributed by atoms with Crippen molar-refractivity contribution in [3.05, 3.63) is 70.8 Å². The van der Waals surface area contributed by atoms with Crippen molar-refractivity contribution in [2.24, 2.45) is 0 Å². The van der Waals surface area contributed by atoms with E-state index in [2.05, 4.69) is 0 Å². The van der Waals surface area contributed by atoms with Crippen LogP contribution in [0, 0.1) is 0 Å². The molecule has 0 aliphatic heterocycles. The molecule has 3 rings (SSSR count). The molecule has 0 spiro atoms. The van der Waals surface area contributed by atoms with Crippen molar-refractivity contribution in [2.45, 2.75) is 25.7 Å². The van der Waals surface area contributed by atoms with Gasteiger partial charge in [-0.15, -0.1) is 0 Å². The number of carbonyl (C=O) groups excluding carboxylic acids is 3. The number of Topliss-reactive ketones (excluding diaryl/α,β-unsaturated/α-hetero) is 1. The molecular formula is C27H28N2Na2O5. The predicted molar refractivity (Wildman–Crippen MR) is 129 cm³/mol. The Labute approximate surface area is 256 Å². The molecule has 178 valence electrons. The fourth-order valence-electron chi connectivity index (χ4n) is 3.81. The number of ketones is 1. The van der Waals surface area contributed by atoms with Gasteiger partial charge in [0.15, 0.2) is 5.78 Å². The first-order valence-electron chi connectivity index (χ1n) is 11.2. The normalized spacial score (nSPS) is 14.8. The summed E-state index contributed by atoms with van der Waals surface area (Å²) in [6.45, 7) is 0.735. The molecule has 1 aliphatic rings. The second-order valence-corrected chi connectivity index (χ2v) is 8.44. The average Bonchev–Trinajstić information content (AvgIpc) is 3.15. The molecule has 0 saturated heterocycles. The third-order valence-corrected chi connectivity index (χ3v) is 5.90. The Morgan fingerprint density at radius 1 is 0.722 bits per heavy atom. The van der Waals surface area contributed by atoms with Crippen molar-refractivity contribution < 1.29 is 83.7 Å². The first-order valence-corrected chi connectivity index (χ1v) is 11.2. The van der Waals surface area contributed by atoms with E-state index in [1.165, 1.54) is 0 Å². The molecule has 0 unspecified atom stereocenters. The van der Waals surface area contributed by atoms with Crippen molar-refractivity contribution >= 4 is 41.2 Å². The number of allylic oxidation sites excluding steroid dienone is 2. The maximum absolute atomic E-state index is 12.9. The molecule has 1 saturated carbocycles. The molecular weight excluding hydrogens is 478 g/mol. The van der Waals surface area contributed by atoms with Crippen molar-refractivity contribution in [1.82, 2.24) is 0 Å². The molecule has 0 N–H and O–H groups in total. The Bertz CT molecular complexity index is 1020. The van der Waals surface area contributed by atoms with Gasteiger partial charge in [0.1, 0.15) is 0 Å². The maximum atomic E-state index is 12.9. The zero-order chi connectivity index (χ0) is 24.7. The molecule has 0 heterocycles. The summed E-state index contributed by atoms with van der Waals surface area (Å²) in [7, 11) is 3.65. The smallest absolute Gasteiger partial charge is 0.550 e. The van der Waals surface area contributed by atoms with E-state index in [1.807, 2.05) is 84.6 Å². The van der Waals surface area contributed by atoms with E-state index < -0.39 is 11.9 Å². The third kappa shape index (κ3) is 9.54. The number of carbonyl (C=O) groups is 3. The van der Waals surface area contributed by atoms with Gasteiger partial charge >= 0.3 is 59.1 Å². The predicted octanol–water partition coefficient (Wildman–Crippen LogP) is -4.32. The Kier molecular flexibility index (Phi) is 13.8. The minimum Gasteiger partial charge on any atom is -0.550 e. The number of nitrogens with zero attached hydrogens (tertiary/aromatic N) is 2. The van der Waals surface area contributed by atoms with Crippen molar-refractivity contribution in [3.8, 4) is 0 Å². The van der Waals surface area contributed by atoms with Gasteiger partial charge in [-0.2, -0.15) is 0 Å². The number of anilines is 2. The number of benzene rings is 2. The Morgan fingerprint density at radius 2 is 1.06 bits per heavy atom. The van der Waals surface area contributed by atoms with Crippen LogP contribution in [0.15, 0.2) is 59.7 Å².